The van der Waals surface area contributed by atoms with E-state index in [1.165, 1.54) is 12.8 Å². The largest absolute Gasteiger partial charge is 0.357 e. The summed E-state index contributed by atoms with van der Waals surface area (Å²) in [7, 11) is 0. The molecular weight excluding hydrogens is 290 g/mol. The quantitative estimate of drug-likeness (QED) is 0.496. The Morgan fingerprint density at radius 3 is 2.96 bits per heavy atom. The van der Waals surface area contributed by atoms with Gasteiger partial charge in [-0.3, -0.25) is 4.99 Å². The molecule has 0 saturated carbocycles. The van der Waals surface area contributed by atoms with E-state index < -0.39 is 0 Å². The first kappa shape index (κ1) is 17.8. The molecule has 2 rings (SSSR count). The summed E-state index contributed by atoms with van der Waals surface area (Å²) in [5.74, 6) is 3.62. The first-order valence-electron chi connectivity index (χ1n) is 8.95. The maximum Gasteiger partial charge on any atom is 0.226 e. The summed E-state index contributed by atoms with van der Waals surface area (Å²) in [6, 6.07) is 0. The monoisotopic (exact) mass is 321 g/mol. The number of aryl methyl sites for hydroxylation is 1. The van der Waals surface area contributed by atoms with Gasteiger partial charge in [0.2, 0.25) is 5.89 Å². The average molecular weight is 321 g/mol. The smallest absolute Gasteiger partial charge is 0.226 e. The number of rotatable bonds is 6. The number of piperidine rings is 1. The Kier molecular flexibility index (Phi) is 6.86. The van der Waals surface area contributed by atoms with Gasteiger partial charge in [-0.25, -0.2) is 0 Å². The van der Waals surface area contributed by atoms with Gasteiger partial charge in [-0.15, -0.1) is 0 Å². The minimum Gasteiger partial charge on any atom is -0.357 e. The van der Waals surface area contributed by atoms with Crippen LogP contribution in [0.25, 0.3) is 0 Å². The minimum atomic E-state index is 0.312. The standard InChI is InChI=1S/C17H31N5O/c1-5-18-17(22-11-7-8-14(4)12-22)19-10-6-9-15-20-16(13(2)3)21-23-15/h13-14H,5-12H2,1-4H3,(H,18,19). The Labute approximate surface area is 139 Å². The van der Waals surface area contributed by atoms with E-state index >= 15 is 0 Å². The summed E-state index contributed by atoms with van der Waals surface area (Å²) >= 11 is 0. The molecule has 1 fully saturated rings. The van der Waals surface area contributed by atoms with Gasteiger partial charge in [0.25, 0.3) is 0 Å². The molecule has 1 aliphatic rings. The molecule has 1 N–H and O–H groups in total. The van der Waals surface area contributed by atoms with Crippen LogP contribution in [0.2, 0.25) is 0 Å². The second-order valence-corrected chi connectivity index (χ2v) is 6.73. The molecule has 0 bridgehead atoms. The Balaban J connectivity index is 1.82. The number of aliphatic imine (C=N–C) groups is 1. The lowest BCUT2D eigenvalue weighted by Gasteiger charge is -2.33. The van der Waals surface area contributed by atoms with Crippen LogP contribution in [0.4, 0.5) is 0 Å². The van der Waals surface area contributed by atoms with E-state index in [1.54, 1.807) is 0 Å². The van der Waals surface area contributed by atoms with Crippen molar-refractivity contribution in [2.24, 2.45) is 10.9 Å². The maximum atomic E-state index is 5.28. The third-order valence-electron chi connectivity index (χ3n) is 4.10. The number of hydrogen-bond acceptors (Lipinski definition) is 4. The third kappa shape index (κ3) is 5.52. The van der Waals surface area contributed by atoms with E-state index in [0.29, 0.717) is 5.92 Å². The van der Waals surface area contributed by atoms with Crippen molar-refractivity contribution >= 4 is 5.96 Å². The van der Waals surface area contributed by atoms with Crippen molar-refractivity contribution in [1.29, 1.82) is 0 Å². The molecule has 130 valence electrons. The molecule has 1 atom stereocenters. The number of aromatic nitrogens is 2. The van der Waals surface area contributed by atoms with Crippen LogP contribution in [0.1, 0.15) is 64.6 Å². The first-order valence-corrected chi connectivity index (χ1v) is 8.95. The van der Waals surface area contributed by atoms with E-state index in [1.807, 2.05) is 0 Å². The van der Waals surface area contributed by atoms with Gasteiger partial charge in [0.05, 0.1) is 0 Å². The molecule has 1 aromatic heterocycles. The molecular formula is C17H31N5O. The summed E-state index contributed by atoms with van der Waals surface area (Å²) in [6.07, 6.45) is 4.30. The van der Waals surface area contributed by atoms with Crippen molar-refractivity contribution in [3.8, 4) is 0 Å². The topological polar surface area (TPSA) is 66.5 Å². The molecule has 1 unspecified atom stereocenters. The molecule has 0 aromatic carbocycles. The fourth-order valence-electron chi connectivity index (χ4n) is 2.83. The number of hydrogen-bond donors (Lipinski definition) is 1. The molecule has 6 heteroatoms. The second kappa shape index (κ2) is 8.89. The van der Waals surface area contributed by atoms with E-state index in [9.17, 15) is 0 Å². The summed E-state index contributed by atoms with van der Waals surface area (Å²) < 4.78 is 5.28. The SMILES string of the molecule is CCNC(=NCCCc1nc(C(C)C)no1)N1CCCC(C)C1. The van der Waals surface area contributed by atoms with Crippen LogP contribution in [-0.4, -0.2) is 47.2 Å². The van der Waals surface area contributed by atoms with Crippen molar-refractivity contribution in [2.75, 3.05) is 26.2 Å². The molecule has 0 aliphatic carbocycles. The van der Waals surface area contributed by atoms with Crippen molar-refractivity contribution in [3.05, 3.63) is 11.7 Å². The minimum absolute atomic E-state index is 0.312. The highest BCUT2D eigenvalue weighted by Crippen LogP contribution is 2.15. The number of guanidine groups is 1. The van der Waals surface area contributed by atoms with Crippen LogP contribution in [0, 0.1) is 5.92 Å². The fourth-order valence-corrected chi connectivity index (χ4v) is 2.83. The normalized spacial score (nSPS) is 19.4. The summed E-state index contributed by atoms with van der Waals surface area (Å²) in [5.41, 5.74) is 0. The van der Waals surface area contributed by atoms with Gasteiger partial charge in [-0.05, 0) is 32.1 Å². The Morgan fingerprint density at radius 2 is 2.30 bits per heavy atom. The zero-order chi connectivity index (χ0) is 16.7. The van der Waals surface area contributed by atoms with Crippen molar-refractivity contribution in [2.45, 2.75) is 59.3 Å². The molecule has 1 saturated heterocycles. The number of likely N-dealkylation sites (tertiary alicyclic amines) is 1. The van der Waals surface area contributed by atoms with Crippen LogP contribution >= 0.6 is 0 Å². The van der Waals surface area contributed by atoms with Gasteiger partial charge in [0, 0.05) is 38.5 Å². The van der Waals surface area contributed by atoms with Gasteiger partial charge in [-0.2, -0.15) is 4.98 Å². The summed E-state index contributed by atoms with van der Waals surface area (Å²) in [6.45, 7) is 12.5. The van der Waals surface area contributed by atoms with Crippen LogP contribution < -0.4 is 5.32 Å². The maximum absolute atomic E-state index is 5.28. The van der Waals surface area contributed by atoms with Gasteiger partial charge in [-0.1, -0.05) is 25.9 Å². The molecule has 0 spiro atoms. The Morgan fingerprint density at radius 1 is 1.48 bits per heavy atom. The van der Waals surface area contributed by atoms with Crippen molar-refractivity contribution < 1.29 is 4.52 Å². The third-order valence-corrected chi connectivity index (χ3v) is 4.10. The Hall–Kier alpha value is -1.59. The van der Waals surface area contributed by atoms with E-state index in [-0.39, 0.29) is 0 Å². The van der Waals surface area contributed by atoms with Crippen LogP contribution in [0.3, 0.4) is 0 Å². The van der Waals surface area contributed by atoms with Crippen molar-refractivity contribution in [3.63, 3.8) is 0 Å². The van der Waals surface area contributed by atoms with Gasteiger partial charge >= 0.3 is 0 Å². The highest BCUT2D eigenvalue weighted by molar-refractivity contribution is 5.80. The molecule has 1 aromatic rings. The molecule has 0 radical (unpaired) electrons. The number of nitrogens with zero attached hydrogens (tertiary/aromatic N) is 4. The fraction of sp³-hybridized carbons (Fsp3) is 0.824. The summed E-state index contributed by atoms with van der Waals surface area (Å²) in [5, 5.41) is 7.41. The zero-order valence-corrected chi connectivity index (χ0v) is 15.0. The Bertz CT molecular complexity index is 497. The van der Waals surface area contributed by atoms with Crippen molar-refractivity contribution in [1.82, 2.24) is 20.4 Å². The predicted octanol–water partition coefficient (Wildman–Crippen LogP) is 2.82. The van der Waals surface area contributed by atoms with Gasteiger partial charge < -0.3 is 14.7 Å². The lowest BCUT2D eigenvalue weighted by molar-refractivity contribution is 0.266. The van der Waals surface area contributed by atoms with E-state index in [0.717, 1.165) is 62.6 Å². The zero-order valence-electron chi connectivity index (χ0n) is 15.0. The lowest BCUT2D eigenvalue weighted by atomic mass is 10.0. The van der Waals surface area contributed by atoms with Gasteiger partial charge in [0.15, 0.2) is 11.8 Å². The second-order valence-electron chi connectivity index (χ2n) is 6.73. The van der Waals surface area contributed by atoms with Crippen LogP contribution in [0.5, 0.6) is 0 Å². The van der Waals surface area contributed by atoms with Crippen LogP contribution in [0.15, 0.2) is 9.52 Å². The van der Waals surface area contributed by atoms with Crippen LogP contribution in [-0.2, 0) is 6.42 Å². The van der Waals surface area contributed by atoms with E-state index in [2.05, 4.69) is 48.1 Å². The molecule has 2 heterocycles. The molecule has 0 amide bonds. The average Bonchev–Trinajstić information content (AvgIpc) is 2.99. The predicted molar refractivity (Wildman–Crippen MR) is 92.7 cm³/mol. The highest BCUT2D eigenvalue weighted by Gasteiger charge is 2.19. The van der Waals surface area contributed by atoms with Gasteiger partial charge in [0.1, 0.15) is 0 Å². The molecule has 6 nitrogen and oxygen atoms in total. The lowest BCUT2D eigenvalue weighted by Crippen LogP contribution is -2.46. The summed E-state index contributed by atoms with van der Waals surface area (Å²) in [4.78, 5) is 11.6. The molecule has 23 heavy (non-hydrogen) atoms. The number of nitrogens with one attached hydrogen (secondary N) is 1. The molecule has 1 aliphatic heterocycles. The highest BCUT2D eigenvalue weighted by atomic mass is 16.5. The van der Waals surface area contributed by atoms with E-state index in [4.69, 9.17) is 9.52 Å². The first-order chi connectivity index (χ1) is 11.1.